The van der Waals surface area contributed by atoms with Crippen molar-refractivity contribution in [2.24, 2.45) is 5.73 Å². The molecule has 0 amide bonds. The molecule has 0 spiro atoms. The smallest absolute Gasteiger partial charge is 0.109 e. The molecule has 1 unspecified atom stereocenters. The highest BCUT2D eigenvalue weighted by Crippen LogP contribution is 2.27. The summed E-state index contributed by atoms with van der Waals surface area (Å²) in [6, 6.07) is 0.160. The summed E-state index contributed by atoms with van der Waals surface area (Å²) < 4.78 is 0. The van der Waals surface area contributed by atoms with Crippen LogP contribution in [-0.4, -0.2) is 9.97 Å². The van der Waals surface area contributed by atoms with E-state index in [1.165, 1.54) is 12.1 Å². The van der Waals surface area contributed by atoms with Crippen LogP contribution in [0.25, 0.3) is 0 Å². The van der Waals surface area contributed by atoms with Crippen LogP contribution in [0.15, 0.2) is 0 Å². The molecule has 0 bridgehead atoms. The minimum absolute atomic E-state index is 0.160. The molecule has 1 aliphatic rings. The summed E-state index contributed by atoms with van der Waals surface area (Å²) in [6.07, 6.45) is 3.38. The van der Waals surface area contributed by atoms with Gasteiger partial charge in [0.05, 0.1) is 5.69 Å². The van der Waals surface area contributed by atoms with Gasteiger partial charge >= 0.3 is 0 Å². The van der Waals surface area contributed by atoms with E-state index in [0.29, 0.717) is 5.92 Å². The summed E-state index contributed by atoms with van der Waals surface area (Å²) in [5, 5.41) is 0. The van der Waals surface area contributed by atoms with Crippen molar-refractivity contribution in [2.75, 3.05) is 0 Å². The molecule has 1 aliphatic carbocycles. The monoisotopic (exact) mass is 179 g/mol. The van der Waals surface area contributed by atoms with Crippen LogP contribution in [0, 0.1) is 0 Å². The van der Waals surface area contributed by atoms with Gasteiger partial charge in [-0.1, -0.05) is 13.8 Å². The lowest BCUT2D eigenvalue weighted by atomic mass is 9.97. The fourth-order valence-corrected chi connectivity index (χ4v) is 1.85. The molecule has 13 heavy (non-hydrogen) atoms. The Hall–Kier alpha value is -0.830. The first kappa shape index (κ1) is 8.75. The largest absolute Gasteiger partial charge is 0.345 e. The van der Waals surface area contributed by atoms with E-state index in [2.05, 4.69) is 23.8 Å². The van der Waals surface area contributed by atoms with Gasteiger partial charge in [0.25, 0.3) is 0 Å². The van der Waals surface area contributed by atoms with Gasteiger partial charge < -0.3 is 10.7 Å². The first-order valence-corrected chi connectivity index (χ1v) is 5.02. The first-order valence-electron chi connectivity index (χ1n) is 5.02. The summed E-state index contributed by atoms with van der Waals surface area (Å²) >= 11 is 0. The lowest BCUT2D eigenvalue weighted by molar-refractivity contribution is 0.555. The summed E-state index contributed by atoms with van der Waals surface area (Å²) in [4.78, 5) is 7.92. The molecule has 1 aromatic heterocycles. The first-order chi connectivity index (χ1) is 6.18. The van der Waals surface area contributed by atoms with E-state index in [9.17, 15) is 0 Å². The van der Waals surface area contributed by atoms with E-state index in [-0.39, 0.29) is 6.04 Å². The van der Waals surface area contributed by atoms with Crippen molar-refractivity contribution < 1.29 is 0 Å². The number of aryl methyl sites for hydroxylation is 1. The summed E-state index contributed by atoms with van der Waals surface area (Å²) in [5.41, 5.74) is 8.35. The highest BCUT2D eigenvalue weighted by atomic mass is 15.0. The number of nitrogens with zero attached hydrogens (tertiary/aromatic N) is 1. The van der Waals surface area contributed by atoms with Gasteiger partial charge in [-0.3, -0.25) is 0 Å². The topological polar surface area (TPSA) is 54.7 Å². The van der Waals surface area contributed by atoms with E-state index in [0.717, 1.165) is 24.4 Å². The number of fused-ring (bicyclic) bond motifs is 1. The molecule has 3 nitrogen and oxygen atoms in total. The van der Waals surface area contributed by atoms with E-state index in [4.69, 9.17) is 5.73 Å². The van der Waals surface area contributed by atoms with Crippen molar-refractivity contribution >= 4 is 0 Å². The van der Waals surface area contributed by atoms with Crippen molar-refractivity contribution in [3.05, 3.63) is 17.2 Å². The normalized spacial score (nSPS) is 22.0. The molecule has 0 saturated heterocycles. The molecule has 0 aliphatic heterocycles. The quantitative estimate of drug-likeness (QED) is 0.691. The third-order valence-corrected chi connectivity index (χ3v) is 2.67. The van der Waals surface area contributed by atoms with Gasteiger partial charge in [-0.25, -0.2) is 4.98 Å². The maximum atomic E-state index is 5.98. The van der Waals surface area contributed by atoms with Gasteiger partial charge in [0.1, 0.15) is 5.82 Å². The number of hydrogen-bond acceptors (Lipinski definition) is 2. The Morgan fingerprint density at radius 1 is 1.54 bits per heavy atom. The second-order valence-corrected chi connectivity index (χ2v) is 4.14. The fraction of sp³-hybridized carbons (Fsp3) is 0.700. The second kappa shape index (κ2) is 3.14. The Labute approximate surface area is 78.7 Å². The molecule has 3 heteroatoms. The fourth-order valence-electron chi connectivity index (χ4n) is 1.85. The number of aromatic nitrogens is 2. The molecular formula is C10H17N3. The molecule has 1 heterocycles. The molecular weight excluding hydrogens is 162 g/mol. The van der Waals surface area contributed by atoms with Gasteiger partial charge in [0.2, 0.25) is 0 Å². The molecule has 0 saturated carbocycles. The minimum atomic E-state index is 0.160. The third kappa shape index (κ3) is 1.48. The Morgan fingerprint density at radius 2 is 2.31 bits per heavy atom. The maximum absolute atomic E-state index is 5.98. The van der Waals surface area contributed by atoms with Crippen molar-refractivity contribution in [1.29, 1.82) is 0 Å². The lowest BCUT2D eigenvalue weighted by Gasteiger charge is -2.15. The highest BCUT2D eigenvalue weighted by Gasteiger charge is 2.21. The van der Waals surface area contributed by atoms with Crippen LogP contribution in [0.3, 0.4) is 0 Å². The number of rotatable bonds is 1. The van der Waals surface area contributed by atoms with E-state index < -0.39 is 0 Å². The maximum Gasteiger partial charge on any atom is 0.109 e. The number of nitrogens with one attached hydrogen (secondary N) is 1. The zero-order chi connectivity index (χ0) is 9.42. The number of imidazole rings is 1. The Balaban J connectivity index is 2.36. The zero-order valence-corrected chi connectivity index (χ0v) is 8.30. The molecule has 0 aromatic carbocycles. The van der Waals surface area contributed by atoms with Gasteiger partial charge in [-0.2, -0.15) is 0 Å². The number of H-pyrrole nitrogens is 1. The van der Waals surface area contributed by atoms with Gasteiger partial charge in [0, 0.05) is 17.7 Å². The summed E-state index contributed by atoms with van der Waals surface area (Å²) in [5.74, 6) is 1.56. The van der Waals surface area contributed by atoms with Crippen LogP contribution in [0.2, 0.25) is 0 Å². The SMILES string of the molecule is CC(C)c1nc2c([nH]1)CCCC2N. The van der Waals surface area contributed by atoms with Crippen molar-refractivity contribution in [3.63, 3.8) is 0 Å². The molecule has 3 N–H and O–H groups in total. The molecule has 1 aromatic rings. The van der Waals surface area contributed by atoms with E-state index in [1.807, 2.05) is 0 Å². The van der Waals surface area contributed by atoms with Crippen LogP contribution >= 0.6 is 0 Å². The van der Waals surface area contributed by atoms with Crippen LogP contribution in [0.1, 0.15) is 55.9 Å². The van der Waals surface area contributed by atoms with Crippen molar-refractivity contribution in [3.8, 4) is 0 Å². The van der Waals surface area contributed by atoms with Crippen molar-refractivity contribution in [2.45, 2.75) is 45.1 Å². The van der Waals surface area contributed by atoms with Crippen LogP contribution in [0.5, 0.6) is 0 Å². The lowest BCUT2D eigenvalue weighted by Crippen LogP contribution is -2.17. The summed E-state index contributed by atoms with van der Waals surface area (Å²) in [6.45, 7) is 4.30. The molecule has 2 rings (SSSR count). The highest BCUT2D eigenvalue weighted by molar-refractivity contribution is 5.22. The van der Waals surface area contributed by atoms with Crippen LogP contribution in [-0.2, 0) is 6.42 Å². The molecule has 1 atom stereocenters. The van der Waals surface area contributed by atoms with Crippen molar-refractivity contribution in [1.82, 2.24) is 9.97 Å². The average molecular weight is 179 g/mol. The molecule has 72 valence electrons. The zero-order valence-electron chi connectivity index (χ0n) is 8.30. The van der Waals surface area contributed by atoms with Gasteiger partial charge in [0.15, 0.2) is 0 Å². The Bertz CT molecular complexity index is 301. The molecule has 0 radical (unpaired) electrons. The van der Waals surface area contributed by atoms with Crippen LogP contribution < -0.4 is 5.73 Å². The molecule has 0 fully saturated rings. The van der Waals surface area contributed by atoms with Crippen LogP contribution in [0.4, 0.5) is 0 Å². The average Bonchev–Trinajstić information content (AvgIpc) is 2.49. The van der Waals surface area contributed by atoms with E-state index >= 15 is 0 Å². The predicted molar refractivity (Wildman–Crippen MR) is 52.5 cm³/mol. The van der Waals surface area contributed by atoms with Gasteiger partial charge in [-0.05, 0) is 19.3 Å². The third-order valence-electron chi connectivity index (χ3n) is 2.67. The number of hydrogen-bond donors (Lipinski definition) is 2. The second-order valence-electron chi connectivity index (χ2n) is 4.14. The minimum Gasteiger partial charge on any atom is -0.345 e. The number of aromatic amines is 1. The standard InChI is InChI=1S/C10H17N3/c1-6(2)10-12-8-5-3-4-7(11)9(8)13-10/h6-7H,3-5,11H2,1-2H3,(H,12,13). The predicted octanol–water partition coefficient (Wildman–Crippen LogP) is 1.87. The summed E-state index contributed by atoms with van der Waals surface area (Å²) in [7, 11) is 0. The van der Waals surface area contributed by atoms with Gasteiger partial charge in [-0.15, -0.1) is 0 Å². The van der Waals surface area contributed by atoms with E-state index in [1.54, 1.807) is 0 Å². The Morgan fingerprint density at radius 3 is 2.92 bits per heavy atom. The Kier molecular flexibility index (Phi) is 2.12. The number of nitrogens with two attached hydrogens (primary N) is 1.